The van der Waals surface area contributed by atoms with Crippen LogP contribution >= 0.6 is 0 Å². The van der Waals surface area contributed by atoms with Gasteiger partial charge in [-0.1, -0.05) is 71.6 Å². The largest absolute Gasteiger partial charge is 0.555 e. The maximum atomic E-state index is 11.9. The topological polar surface area (TPSA) is 94.4 Å². The highest BCUT2D eigenvalue weighted by Crippen LogP contribution is 2.41. The van der Waals surface area contributed by atoms with Gasteiger partial charge in [-0.3, -0.25) is 0 Å². The number of hydrogen-bond donors (Lipinski definition) is 2. The zero-order valence-electron chi connectivity index (χ0n) is 23.5. The van der Waals surface area contributed by atoms with Crippen LogP contribution in [0.4, 0.5) is 0 Å². The molecule has 2 N–H and O–H groups in total. The maximum absolute atomic E-state index is 11.9. The van der Waals surface area contributed by atoms with Crippen molar-refractivity contribution >= 4 is 46.0 Å². The lowest BCUT2D eigenvalue weighted by molar-refractivity contribution is -0.687. The summed E-state index contributed by atoms with van der Waals surface area (Å²) in [5.41, 5.74) is 3.36. The molecule has 0 spiro atoms. The van der Waals surface area contributed by atoms with Crippen molar-refractivity contribution in [3.05, 3.63) is 109 Å². The molecule has 11 heteroatoms. The van der Waals surface area contributed by atoms with Gasteiger partial charge < -0.3 is 33.4 Å². The Bertz CT molecular complexity index is 1890. The van der Waals surface area contributed by atoms with E-state index in [-0.39, 0.29) is 0 Å². The van der Waals surface area contributed by atoms with E-state index in [1.54, 1.807) is 6.07 Å². The molecule has 0 aliphatic carbocycles. The molecule has 216 valence electrons. The van der Waals surface area contributed by atoms with E-state index in [4.69, 9.17) is 23.4 Å². The summed E-state index contributed by atoms with van der Waals surface area (Å²) in [6.45, 7) is -2.79. The van der Waals surface area contributed by atoms with Crippen molar-refractivity contribution in [1.29, 1.82) is 0 Å². The van der Waals surface area contributed by atoms with Crippen molar-refractivity contribution in [3.8, 4) is 0 Å². The van der Waals surface area contributed by atoms with Crippen LogP contribution in [-0.2, 0) is 36.4 Å². The average molecular weight is 576 g/mol. The zero-order chi connectivity index (χ0) is 28.9. The summed E-state index contributed by atoms with van der Waals surface area (Å²) in [6, 6.07) is 24.3. The molecule has 0 amide bonds. The fraction of sp³-hybridized carbons (Fsp3) is 0.250. The minimum atomic E-state index is -2.90. The highest BCUT2D eigenvalue weighted by Gasteiger charge is 2.59. The lowest BCUT2D eigenvalue weighted by atomic mass is 9.68. The summed E-state index contributed by atoms with van der Waals surface area (Å²) >= 11 is 0. The lowest BCUT2D eigenvalue weighted by Gasteiger charge is -2.50. The highest BCUT2D eigenvalue weighted by atomic mass is 16.8. The first-order chi connectivity index (χ1) is 20.9. The van der Waals surface area contributed by atoms with Gasteiger partial charge in [-0.15, -0.1) is 0 Å². The highest BCUT2D eigenvalue weighted by molar-refractivity contribution is 6.75. The Kier molecular flexibility index (Phi) is 5.50. The van der Waals surface area contributed by atoms with Crippen LogP contribution in [0.25, 0.3) is 21.5 Å². The predicted molar refractivity (Wildman–Crippen MR) is 158 cm³/mol. The second kappa shape index (κ2) is 9.17. The Labute approximate surface area is 247 Å². The third kappa shape index (κ3) is 3.87. The van der Waals surface area contributed by atoms with E-state index in [0.29, 0.717) is 24.0 Å². The van der Waals surface area contributed by atoms with Crippen LogP contribution in [0.3, 0.4) is 0 Å². The number of pyridine rings is 2. The minimum absolute atomic E-state index is 0.494. The molecule has 3 saturated heterocycles. The number of rotatable bonds is 0. The fourth-order valence-electron chi connectivity index (χ4n) is 7.52. The van der Waals surface area contributed by atoms with Gasteiger partial charge in [-0.05, 0) is 40.6 Å². The molecule has 43 heavy (non-hydrogen) atoms. The van der Waals surface area contributed by atoms with Crippen LogP contribution in [0.15, 0.2) is 97.6 Å². The Morgan fingerprint density at radius 1 is 0.605 bits per heavy atom. The molecule has 7 heterocycles. The van der Waals surface area contributed by atoms with Crippen molar-refractivity contribution < 1.29 is 42.5 Å². The van der Waals surface area contributed by atoms with Crippen molar-refractivity contribution in [1.82, 2.24) is 0 Å². The van der Waals surface area contributed by atoms with Gasteiger partial charge in [0.25, 0.3) is 0 Å². The summed E-state index contributed by atoms with van der Waals surface area (Å²) in [6.07, 6.45) is 4.34. The van der Waals surface area contributed by atoms with E-state index in [1.165, 1.54) is 11.1 Å². The van der Waals surface area contributed by atoms with E-state index in [2.05, 4.69) is 53.1 Å². The van der Waals surface area contributed by atoms with E-state index < -0.39 is 44.2 Å². The second-order valence-electron chi connectivity index (χ2n) is 12.2. The standard InChI is InChI=1S/C32H30B2N2O7/c1-20-29-30-31-32(39-29)43-34(38,42-31)22-9-7-15-36(17-22)19-28-25-12-4-2-10-23(25)27(24-11-3-5-13-26(24)28)18-35-14-6-8-21(16-35)33(37,40-20)41-30/h2-17,20,29-32,37-38H,18-19H2,1H3/t20-,29-,30+,31-,32-,33?,34?/m1/s1. The molecule has 10 rings (SSSR count). The number of hydrogen-bond acceptors (Lipinski definition) is 7. The second-order valence-corrected chi connectivity index (χ2v) is 12.2. The molecule has 5 aromatic rings. The van der Waals surface area contributed by atoms with Crippen molar-refractivity contribution in [2.75, 3.05) is 0 Å². The molecule has 2 aromatic heterocycles. The monoisotopic (exact) mass is 576 g/mol. The molecule has 0 saturated carbocycles. The molecule has 5 aliphatic rings. The molecule has 2 unspecified atom stereocenters. The van der Waals surface area contributed by atoms with Crippen LogP contribution in [-0.4, -0.2) is 54.3 Å². The van der Waals surface area contributed by atoms with Gasteiger partial charge in [0.15, 0.2) is 25.5 Å². The average Bonchev–Trinajstić information content (AvgIpc) is 3.53. The van der Waals surface area contributed by atoms with Gasteiger partial charge in [-0.2, -0.15) is 0 Å². The molecular formula is C32H30B2N2O7. The van der Waals surface area contributed by atoms with Gasteiger partial charge in [0, 0.05) is 17.2 Å². The molecule has 10 bridgehead atoms. The van der Waals surface area contributed by atoms with Gasteiger partial charge in [-0.25, -0.2) is 9.13 Å². The fourth-order valence-corrected chi connectivity index (χ4v) is 7.52. The third-order valence-corrected chi connectivity index (χ3v) is 9.51. The van der Waals surface area contributed by atoms with Crippen molar-refractivity contribution in [2.45, 2.75) is 50.7 Å². The molecule has 0 radical (unpaired) electrons. The lowest BCUT2D eigenvalue weighted by Crippen LogP contribution is -2.67. The van der Waals surface area contributed by atoms with Crippen LogP contribution in [0.1, 0.15) is 18.1 Å². The van der Waals surface area contributed by atoms with Crippen LogP contribution in [0.5, 0.6) is 0 Å². The summed E-state index contributed by atoms with van der Waals surface area (Å²) in [5.74, 6) is 0. The van der Waals surface area contributed by atoms with E-state index >= 15 is 0 Å². The Morgan fingerprint density at radius 2 is 1.09 bits per heavy atom. The predicted octanol–water partition coefficient (Wildman–Crippen LogP) is 0.899. The molecule has 3 aromatic carbocycles. The van der Waals surface area contributed by atoms with E-state index in [0.717, 1.165) is 21.5 Å². The molecule has 5 aliphatic heterocycles. The molecule has 3 fully saturated rings. The first-order valence-electron chi connectivity index (χ1n) is 14.9. The molecule has 7 atom stereocenters. The van der Waals surface area contributed by atoms with Gasteiger partial charge in [0.2, 0.25) is 0 Å². The Hall–Kier alpha value is -3.67. The van der Waals surface area contributed by atoms with Crippen molar-refractivity contribution in [2.24, 2.45) is 0 Å². The van der Waals surface area contributed by atoms with Crippen LogP contribution < -0.4 is 20.1 Å². The maximum Gasteiger partial charge on any atom is 0.415 e. The van der Waals surface area contributed by atoms with Gasteiger partial charge in [0.1, 0.15) is 24.8 Å². The number of ether oxygens (including phenoxy) is 1. The number of aromatic nitrogens is 2. The van der Waals surface area contributed by atoms with Gasteiger partial charge >= 0.3 is 13.5 Å². The third-order valence-electron chi connectivity index (χ3n) is 9.51. The first kappa shape index (κ1) is 25.8. The molecule has 9 nitrogen and oxygen atoms in total. The van der Waals surface area contributed by atoms with Crippen molar-refractivity contribution in [3.63, 3.8) is 0 Å². The zero-order valence-corrected chi connectivity index (χ0v) is 23.5. The summed E-state index contributed by atoms with van der Waals surface area (Å²) in [5, 5.41) is 28.2. The summed E-state index contributed by atoms with van der Waals surface area (Å²) in [4.78, 5) is 0. The first-order valence-corrected chi connectivity index (χ1v) is 14.9. The van der Waals surface area contributed by atoms with Crippen LogP contribution in [0.2, 0.25) is 0 Å². The number of nitrogens with zero attached hydrogens (tertiary/aromatic N) is 2. The molecular weight excluding hydrogens is 546 g/mol. The quantitative estimate of drug-likeness (QED) is 0.161. The van der Waals surface area contributed by atoms with Gasteiger partial charge in [0.05, 0.1) is 12.2 Å². The van der Waals surface area contributed by atoms with E-state index in [1.807, 2.05) is 54.5 Å². The summed E-state index contributed by atoms with van der Waals surface area (Å²) in [7, 11) is 0. The number of benzene rings is 3. The smallest absolute Gasteiger partial charge is 0.415 e. The normalized spacial score (nSPS) is 32.8. The Balaban J connectivity index is 1.29. The van der Waals surface area contributed by atoms with E-state index in [9.17, 15) is 10.0 Å². The van der Waals surface area contributed by atoms with Crippen LogP contribution in [0, 0.1) is 0 Å². The SMILES string of the molecule is C[C@H]1O[B-]2(O)O[C@@H]3[C@H]4O[B-](O)(O[C@H]4O[C@@H]31)c1ccc[n+](c1)Cc1c3ccccc3c(c3ccccc13)C[n+]1cccc2c1. The Morgan fingerprint density at radius 3 is 1.63 bits per heavy atom. The summed E-state index contributed by atoms with van der Waals surface area (Å²) < 4.78 is 35.1. The minimum Gasteiger partial charge on any atom is -0.555 e.